The number of allylic oxidation sites excluding steroid dienone is 2. The van der Waals surface area contributed by atoms with Crippen LogP contribution in [0.3, 0.4) is 0 Å². The lowest BCUT2D eigenvalue weighted by atomic mass is 9.81. The lowest BCUT2D eigenvalue weighted by Gasteiger charge is -2.22. The first-order chi connectivity index (χ1) is 9.72. The highest BCUT2D eigenvalue weighted by atomic mass is 32.1. The predicted octanol–water partition coefficient (Wildman–Crippen LogP) is 2.86. The molecule has 1 saturated carbocycles. The highest BCUT2D eigenvalue weighted by Gasteiger charge is 2.25. The van der Waals surface area contributed by atoms with Crippen LogP contribution in [0.4, 0.5) is 0 Å². The molecule has 0 amide bonds. The highest BCUT2D eigenvalue weighted by molar-refractivity contribution is 7.03. The average Bonchev–Trinajstić information content (AvgIpc) is 3.08. The first kappa shape index (κ1) is 13.3. The minimum absolute atomic E-state index is 0.0871. The third-order valence-corrected chi connectivity index (χ3v) is 4.16. The van der Waals surface area contributed by atoms with Gasteiger partial charge in [-0.2, -0.15) is 0 Å². The summed E-state index contributed by atoms with van der Waals surface area (Å²) in [6.07, 6.45) is 5.25. The number of hydrogen-bond donors (Lipinski definition) is 0. The molecule has 0 N–H and O–H groups in total. The molecule has 0 radical (unpaired) electrons. The Bertz CT molecular complexity index is 602. The number of rotatable bonds is 2. The minimum atomic E-state index is 0.0871. The molecule has 2 aromatic heterocycles. The van der Waals surface area contributed by atoms with E-state index < -0.39 is 0 Å². The lowest BCUT2D eigenvalue weighted by Crippen LogP contribution is -2.18. The van der Waals surface area contributed by atoms with Crippen LogP contribution < -0.4 is 0 Å². The maximum Gasteiger partial charge on any atom is 0.185 e. The van der Waals surface area contributed by atoms with Crippen LogP contribution in [0.25, 0.3) is 12.2 Å². The Kier molecular flexibility index (Phi) is 3.79. The van der Waals surface area contributed by atoms with Gasteiger partial charge in [-0.05, 0) is 54.0 Å². The summed E-state index contributed by atoms with van der Waals surface area (Å²) < 4.78 is 7.63. The summed E-state index contributed by atoms with van der Waals surface area (Å²) in [6, 6.07) is 0. The molecule has 1 aliphatic carbocycles. The largest absolute Gasteiger partial charge is 0.289 e. The molecule has 0 saturated heterocycles. The molecule has 0 bridgehead atoms. The summed E-state index contributed by atoms with van der Waals surface area (Å²) in [7, 11) is 0. The van der Waals surface area contributed by atoms with Gasteiger partial charge in [0.05, 0.1) is 11.4 Å². The van der Waals surface area contributed by atoms with Crippen LogP contribution in [0.1, 0.15) is 31.2 Å². The second-order valence-electron chi connectivity index (χ2n) is 4.84. The molecule has 0 aliphatic heterocycles. The lowest BCUT2D eigenvalue weighted by molar-refractivity contribution is -0.113. The summed E-state index contributed by atoms with van der Waals surface area (Å²) in [5.41, 5.74) is 3.10. The van der Waals surface area contributed by atoms with Gasteiger partial charge in [0.2, 0.25) is 0 Å². The quantitative estimate of drug-likeness (QED) is 0.798. The predicted molar refractivity (Wildman–Crippen MR) is 79.2 cm³/mol. The molecule has 1 fully saturated rings. The van der Waals surface area contributed by atoms with Crippen LogP contribution in [0.15, 0.2) is 21.9 Å². The van der Waals surface area contributed by atoms with Gasteiger partial charge < -0.3 is 0 Å². The van der Waals surface area contributed by atoms with Gasteiger partial charge in [-0.1, -0.05) is 15.9 Å². The van der Waals surface area contributed by atoms with Crippen LogP contribution in [0.5, 0.6) is 0 Å². The molecule has 0 atom stereocenters. The number of aromatic nitrogens is 4. The number of carbonyl (C=O) groups excluding carboxylic acids is 1. The van der Waals surface area contributed by atoms with E-state index in [1.54, 1.807) is 0 Å². The molecule has 0 spiro atoms. The maximum atomic E-state index is 12.5. The van der Waals surface area contributed by atoms with Crippen LogP contribution in [-0.4, -0.2) is 25.0 Å². The van der Waals surface area contributed by atoms with E-state index in [-0.39, 0.29) is 5.78 Å². The Labute approximate surface area is 124 Å². The molecule has 2 aromatic rings. The Morgan fingerprint density at radius 3 is 1.95 bits per heavy atom. The van der Waals surface area contributed by atoms with E-state index in [0.29, 0.717) is 5.92 Å². The monoisotopic (exact) mass is 304 g/mol. The van der Waals surface area contributed by atoms with Gasteiger partial charge in [-0.3, -0.25) is 4.79 Å². The molecule has 20 heavy (non-hydrogen) atoms. The number of carbonyl (C=O) groups is 1. The van der Waals surface area contributed by atoms with E-state index in [0.717, 1.165) is 35.4 Å². The summed E-state index contributed by atoms with van der Waals surface area (Å²) in [4.78, 5) is 12.5. The van der Waals surface area contributed by atoms with Crippen molar-refractivity contribution in [1.82, 2.24) is 19.2 Å². The van der Waals surface area contributed by atoms with E-state index in [4.69, 9.17) is 0 Å². The van der Waals surface area contributed by atoms with E-state index in [2.05, 4.69) is 26.1 Å². The number of Topliss-reactive ketones (excluding diaryl/α,β-unsaturated/α-hetero) is 1. The van der Waals surface area contributed by atoms with Gasteiger partial charge in [0.15, 0.2) is 5.78 Å². The number of ketones is 1. The number of hydrogen-bond acceptors (Lipinski definition) is 7. The van der Waals surface area contributed by atoms with Crippen molar-refractivity contribution in [1.29, 1.82) is 0 Å². The summed E-state index contributed by atoms with van der Waals surface area (Å²) in [6.45, 7) is 2.15. The van der Waals surface area contributed by atoms with Crippen molar-refractivity contribution in [2.24, 2.45) is 5.92 Å². The van der Waals surface area contributed by atoms with Gasteiger partial charge in [-0.15, -0.1) is 10.2 Å². The van der Waals surface area contributed by atoms with Gasteiger partial charge >= 0.3 is 0 Å². The zero-order chi connectivity index (χ0) is 13.9. The Balaban J connectivity index is 1.92. The smallest absolute Gasteiger partial charge is 0.185 e. The number of nitrogens with zero attached hydrogens (tertiary/aromatic N) is 4. The maximum absolute atomic E-state index is 12.5. The van der Waals surface area contributed by atoms with E-state index in [9.17, 15) is 4.79 Å². The third kappa shape index (κ3) is 2.88. The third-order valence-electron chi connectivity index (χ3n) is 3.12. The zero-order valence-corrected chi connectivity index (χ0v) is 12.4. The van der Waals surface area contributed by atoms with E-state index in [1.807, 2.05) is 22.9 Å². The van der Waals surface area contributed by atoms with Crippen molar-refractivity contribution in [3.63, 3.8) is 0 Å². The average molecular weight is 304 g/mol. The molecule has 3 rings (SSSR count). The van der Waals surface area contributed by atoms with Crippen molar-refractivity contribution >= 4 is 41.0 Å². The van der Waals surface area contributed by atoms with Gasteiger partial charge in [0, 0.05) is 21.9 Å². The van der Waals surface area contributed by atoms with Crippen molar-refractivity contribution in [3.8, 4) is 0 Å². The summed E-state index contributed by atoms with van der Waals surface area (Å²) in [5.74, 6) is 0.521. The Morgan fingerprint density at radius 2 is 1.55 bits per heavy atom. The second kappa shape index (κ2) is 5.72. The molecule has 5 nitrogen and oxygen atoms in total. The summed E-state index contributed by atoms with van der Waals surface area (Å²) >= 11 is 2.57. The van der Waals surface area contributed by atoms with Gasteiger partial charge in [0.25, 0.3) is 0 Å². The van der Waals surface area contributed by atoms with Gasteiger partial charge in [-0.25, -0.2) is 0 Å². The summed E-state index contributed by atoms with van der Waals surface area (Å²) in [5, 5.41) is 11.6. The zero-order valence-electron chi connectivity index (χ0n) is 10.8. The Hall–Kier alpha value is -1.73. The highest BCUT2D eigenvalue weighted by Crippen LogP contribution is 2.31. The van der Waals surface area contributed by atoms with Crippen molar-refractivity contribution in [2.45, 2.75) is 19.8 Å². The fraction of sp³-hybridized carbons (Fsp3) is 0.308. The SMILES string of the molecule is CC1CC(=Cc2csnn2)C(=O)C(=Cc2csnn2)C1. The molecule has 0 aromatic carbocycles. The molecule has 1 aliphatic rings. The normalized spacial score (nSPS) is 23.6. The van der Waals surface area contributed by atoms with Crippen LogP contribution in [-0.2, 0) is 4.79 Å². The first-order valence-corrected chi connectivity index (χ1v) is 7.89. The second-order valence-corrected chi connectivity index (χ2v) is 6.06. The van der Waals surface area contributed by atoms with Gasteiger partial charge in [0.1, 0.15) is 0 Å². The van der Waals surface area contributed by atoms with Crippen LogP contribution >= 0.6 is 23.1 Å². The van der Waals surface area contributed by atoms with Crippen molar-refractivity contribution in [2.75, 3.05) is 0 Å². The standard InChI is InChI=1S/C13H12N4OS2/c1-8-2-9(4-11-6-19-16-14-11)13(18)10(3-8)5-12-7-20-17-15-12/h4-8H,2-3H2,1H3. The molecule has 0 unspecified atom stereocenters. The fourth-order valence-electron chi connectivity index (χ4n) is 2.29. The van der Waals surface area contributed by atoms with Crippen LogP contribution in [0, 0.1) is 5.92 Å². The molecule has 2 heterocycles. The minimum Gasteiger partial charge on any atom is -0.289 e. The topological polar surface area (TPSA) is 68.6 Å². The van der Waals surface area contributed by atoms with E-state index >= 15 is 0 Å². The van der Waals surface area contributed by atoms with E-state index in [1.165, 1.54) is 23.1 Å². The van der Waals surface area contributed by atoms with Crippen molar-refractivity contribution in [3.05, 3.63) is 33.3 Å². The van der Waals surface area contributed by atoms with Crippen molar-refractivity contribution < 1.29 is 4.79 Å². The molecular formula is C13H12N4OS2. The molecule has 7 heteroatoms. The fourth-order valence-corrected chi connectivity index (χ4v) is 3.11. The Morgan fingerprint density at radius 1 is 1.05 bits per heavy atom. The first-order valence-electron chi connectivity index (χ1n) is 6.22. The molecule has 102 valence electrons. The molecular weight excluding hydrogens is 292 g/mol. The van der Waals surface area contributed by atoms with Crippen LogP contribution in [0.2, 0.25) is 0 Å².